The molecule has 2 aliphatic rings. The van der Waals surface area contributed by atoms with Crippen molar-refractivity contribution in [2.75, 3.05) is 6.54 Å². The number of aryl methyl sites for hydroxylation is 1. The zero-order chi connectivity index (χ0) is 15.9. The van der Waals surface area contributed by atoms with E-state index in [1.54, 1.807) is 17.1 Å². The summed E-state index contributed by atoms with van der Waals surface area (Å²) in [4.78, 5) is 16.9. The maximum atomic E-state index is 12.8. The SMILES string of the molecule is Cn1nc(-c2cccnc2)cc1C(=O)NC12CCCC1NCC2. The van der Waals surface area contributed by atoms with Crippen LogP contribution in [-0.4, -0.2) is 38.8 Å². The van der Waals surface area contributed by atoms with Crippen LogP contribution in [0, 0.1) is 0 Å². The Kier molecular flexibility index (Phi) is 3.41. The third-order valence-corrected chi connectivity index (χ3v) is 5.18. The third-order valence-electron chi connectivity index (χ3n) is 5.18. The fraction of sp³-hybridized carbons (Fsp3) is 0.471. The van der Waals surface area contributed by atoms with Gasteiger partial charge in [0, 0.05) is 31.0 Å². The van der Waals surface area contributed by atoms with E-state index in [9.17, 15) is 4.79 Å². The maximum absolute atomic E-state index is 12.8. The van der Waals surface area contributed by atoms with E-state index in [1.165, 1.54) is 6.42 Å². The van der Waals surface area contributed by atoms with E-state index in [2.05, 4.69) is 20.7 Å². The molecule has 1 saturated heterocycles. The minimum atomic E-state index is -0.0736. The van der Waals surface area contributed by atoms with Crippen molar-refractivity contribution < 1.29 is 4.79 Å². The second-order valence-electron chi connectivity index (χ2n) is 6.54. The fourth-order valence-corrected chi connectivity index (χ4v) is 3.98. The Bertz CT molecular complexity index is 714. The molecule has 1 amide bonds. The van der Waals surface area contributed by atoms with E-state index in [0.29, 0.717) is 11.7 Å². The Hall–Kier alpha value is -2.21. The fourth-order valence-electron chi connectivity index (χ4n) is 3.98. The summed E-state index contributed by atoms with van der Waals surface area (Å²) in [6.07, 6.45) is 7.88. The maximum Gasteiger partial charge on any atom is 0.270 e. The molecule has 23 heavy (non-hydrogen) atoms. The highest BCUT2D eigenvalue weighted by Gasteiger charge is 2.47. The van der Waals surface area contributed by atoms with Gasteiger partial charge in [0.15, 0.2) is 0 Å². The molecule has 0 radical (unpaired) electrons. The predicted molar refractivity (Wildman–Crippen MR) is 86.9 cm³/mol. The second-order valence-corrected chi connectivity index (χ2v) is 6.54. The summed E-state index contributed by atoms with van der Waals surface area (Å²) in [6, 6.07) is 6.08. The van der Waals surface area contributed by atoms with Crippen LogP contribution in [0.3, 0.4) is 0 Å². The number of nitrogens with one attached hydrogen (secondary N) is 2. The molecule has 6 nitrogen and oxygen atoms in total. The number of hydrogen-bond acceptors (Lipinski definition) is 4. The van der Waals surface area contributed by atoms with Crippen molar-refractivity contribution in [3.8, 4) is 11.3 Å². The van der Waals surface area contributed by atoms with Gasteiger partial charge in [-0.15, -0.1) is 0 Å². The molecule has 1 aliphatic carbocycles. The van der Waals surface area contributed by atoms with Crippen LogP contribution in [0.15, 0.2) is 30.6 Å². The average Bonchev–Trinajstić information content (AvgIpc) is 3.21. The molecule has 1 aliphatic heterocycles. The molecule has 6 heteroatoms. The van der Waals surface area contributed by atoms with Crippen LogP contribution in [0.25, 0.3) is 11.3 Å². The van der Waals surface area contributed by atoms with Crippen molar-refractivity contribution in [1.82, 2.24) is 25.4 Å². The number of hydrogen-bond donors (Lipinski definition) is 2. The molecule has 2 atom stereocenters. The minimum absolute atomic E-state index is 0.0364. The first-order chi connectivity index (χ1) is 11.2. The largest absolute Gasteiger partial charge is 0.344 e. The van der Waals surface area contributed by atoms with E-state index < -0.39 is 0 Å². The normalized spacial score (nSPS) is 26.2. The molecular weight excluding hydrogens is 290 g/mol. The Morgan fingerprint density at radius 3 is 3.22 bits per heavy atom. The van der Waals surface area contributed by atoms with E-state index in [0.717, 1.165) is 37.1 Å². The number of rotatable bonds is 3. The summed E-state index contributed by atoms with van der Waals surface area (Å²) in [7, 11) is 1.81. The van der Waals surface area contributed by atoms with Gasteiger partial charge in [-0.2, -0.15) is 5.10 Å². The molecule has 3 heterocycles. The van der Waals surface area contributed by atoms with Gasteiger partial charge in [0.2, 0.25) is 0 Å². The smallest absolute Gasteiger partial charge is 0.270 e. The molecule has 0 spiro atoms. The van der Waals surface area contributed by atoms with E-state index in [1.807, 2.05) is 25.2 Å². The Labute approximate surface area is 135 Å². The van der Waals surface area contributed by atoms with E-state index >= 15 is 0 Å². The lowest BCUT2D eigenvalue weighted by Crippen LogP contribution is -2.53. The summed E-state index contributed by atoms with van der Waals surface area (Å²) >= 11 is 0. The number of carbonyl (C=O) groups is 1. The summed E-state index contributed by atoms with van der Waals surface area (Å²) in [6.45, 7) is 0.983. The first-order valence-corrected chi connectivity index (χ1v) is 8.18. The van der Waals surface area contributed by atoms with Crippen molar-refractivity contribution in [2.24, 2.45) is 7.05 Å². The molecule has 2 unspecified atom stereocenters. The van der Waals surface area contributed by atoms with Crippen LogP contribution in [0.5, 0.6) is 0 Å². The highest BCUT2D eigenvalue weighted by atomic mass is 16.2. The van der Waals surface area contributed by atoms with E-state index in [4.69, 9.17) is 0 Å². The highest BCUT2D eigenvalue weighted by Crippen LogP contribution is 2.36. The minimum Gasteiger partial charge on any atom is -0.344 e. The molecule has 2 N–H and O–H groups in total. The number of nitrogens with zero attached hydrogens (tertiary/aromatic N) is 3. The lowest BCUT2D eigenvalue weighted by molar-refractivity contribution is 0.0888. The van der Waals surface area contributed by atoms with Crippen molar-refractivity contribution in [1.29, 1.82) is 0 Å². The Morgan fingerprint density at radius 2 is 2.39 bits per heavy atom. The van der Waals surface area contributed by atoms with Crippen LogP contribution >= 0.6 is 0 Å². The van der Waals surface area contributed by atoms with Crippen molar-refractivity contribution in [3.05, 3.63) is 36.3 Å². The monoisotopic (exact) mass is 311 g/mol. The molecule has 0 bridgehead atoms. The molecule has 2 aromatic rings. The first-order valence-electron chi connectivity index (χ1n) is 8.18. The van der Waals surface area contributed by atoms with Crippen LogP contribution in [0.2, 0.25) is 0 Å². The van der Waals surface area contributed by atoms with Gasteiger partial charge in [-0.1, -0.05) is 0 Å². The lowest BCUT2D eigenvalue weighted by atomic mass is 9.93. The topological polar surface area (TPSA) is 71.8 Å². The van der Waals surface area contributed by atoms with Crippen LogP contribution in [0.4, 0.5) is 0 Å². The molecule has 1 saturated carbocycles. The van der Waals surface area contributed by atoms with Crippen LogP contribution < -0.4 is 10.6 Å². The molecule has 2 fully saturated rings. The van der Waals surface area contributed by atoms with Gasteiger partial charge in [-0.25, -0.2) is 0 Å². The van der Waals surface area contributed by atoms with Gasteiger partial charge in [-0.3, -0.25) is 14.5 Å². The number of carbonyl (C=O) groups excluding carboxylic acids is 1. The summed E-state index contributed by atoms with van der Waals surface area (Å²) < 4.78 is 1.65. The zero-order valence-electron chi connectivity index (χ0n) is 13.2. The average molecular weight is 311 g/mol. The number of pyridine rings is 1. The van der Waals surface area contributed by atoms with Crippen molar-refractivity contribution in [2.45, 2.75) is 37.3 Å². The lowest BCUT2D eigenvalue weighted by Gasteiger charge is -2.30. The standard InChI is InChI=1S/C17H21N5O/c1-22-14(10-13(21-22)12-4-3-8-18-11-12)16(23)20-17-6-2-5-15(17)19-9-7-17/h3-4,8,10-11,15,19H,2,5-7,9H2,1H3,(H,20,23). The van der Waals surface area contributed by atoms with Gasteiger partial charge in [0.1, 0.15) is 5.69 Å². The van der Waals surface area contributed by atoms with Crippen molar-refractivity contribution >= 4 is 5.91 Å². The summed E-state index contributed by atoms with van der Waals surface area (Å²) in [5.74, 6) is -0.0364. The molecule has 120 valence electrons. The first kappa shape index (κ1) is 14.4. The van der Waals surface area contributed by atoms with Crippen LogP contribution in [-0.2, 0) is 7.05 Å². The van der Waals surface area contributed by atoms with Gasteiger partial charge in [0.05, 0.1) is 11.2 Å². The number of aromatic nitrogens is 3. The van der Waals surface area contributed by atoms with E-state index in [-0.39, 0.29) is 11.4 Å². The molecular formula is C17H21N5O. The Morgan fingerprint density at radius 1 is 1.48 bits per heavy atom. The Balaban J connectivity index is 1.58. The molecule has 4 rings (SSSR count). The quantitative estimate of drug-likeness (QED) is 0.901. The van der Waals surface area contributed by atoms with Gasteiger partial charge < -0.3 is 10.6 Å². The zero-order valence-corrected chi connectivity index (χ0v) is 13.2. The van der Waals surface area contributed by atoms with Gasteiger partial charge in [0.25, 0.3) is 5.91 Å². The van der Waals surface area contributed by atoms with Crippen LogP contribution in [0.1, 0.15) is 36.2 Å². The number of fused-ring (bicyclic) bond motifs is 1. The third kappa shape index (κ3) is 2.43. The second kappa shape index (κ2) is 5.45. The van der Waals surface area contributed by atoms with Gasteiger partial charge in [-0.05, 0) is 50.4 Å². The van der Waals surface area contributed by atoms with Crippen molar-refractivity contribution in [3.63, 3.8) is 0 Å². The molecule has 0 aromatic carbocycles. The summed E-state index contributed by atoms with van der Waals surface area (Å²) in [5.41, 5.74) is 2.21. The predicted octanol–water partition coefficient (Wildman–Crippen LogP) is 1.50. The summed E-state index contributed by atoms with van der Waals surface area (Å²) in [5, 5.41) is 11.3. The molecule has 2 aromatic heterocycles. The van der Waals surface area contributed by atoms with Gasteiger partial charge >= 0.3 is 0 Å². The highest BCUT2D eigenvalue weighted by molar-refractivity contribution is 5.94. The number of amides is 1.